The molecule has 2 fully saturated rings. The molecule has 0 saturated heterocycles. The van der Waals surface area contributed by atoms with Crippen LogP contribution in [0.5, 0.6) is 0 Å². The molecular weight excluding hydrogens is 2120 g/mol. The number of rotatable bonds is 34. The van der Waals surface area contributed by atoms with E-state index in [1.807, 2.05) is 0 Å². The van der Waals surface area contributed by atoms with Crippen molar-refractivity contribution in [3.63, 3.8) is 0 Å². The van der Waals surface area contributed by atoms with E-state index in [9.17, 15) is 192 Å². The summed E-state index contributed by atoms with van der Waals surface area (Å²) in [5.74, 6) is -2.51. The van der Waals surface area contributed by atoms with Crippen LogP contribution in [0.1, 0.15) is 25.7 Å². The first kappa shape index (κ1) is 158. The monoisotopic (exact) mass is 2160 g/mol. The number of guanidine groups is 2. The van der Waals surface area contributed by atoms with Gasteiger partial charge in [-0.2, -0.15) is 0 Å². The van der Waals surface area contributed by atoms with Crippen LogP contribution in [-0.2, 0) is 119 Å². The number of phosphoric ester groups is 12. The molecule has 0 aromatic carbocycles. The van der Waals surface area contributed by atoms with Crippen LogP contribution in [0.4, 0.5) is 0 Å². The number of nitrogens with zero attached hydrogens (tertiary/aromatic N) is 2. The molecule has 2 atom stereocenters. The molecule has 0 aromatic rings. The molecule has 572 valence electrons. The van der Waals surface area contributed by atoms with Gasteiger partial charge in [-0.15, -0.1) is 0 Å². The minimum atomic E-state index is -6.68. The molecule has 0 aromatic heterocycles. The van der Waals surface area contributed by atoms with Crippen molar-refractivity contribution in [3.05, 3.63) is 0 Å². The van der Waals surface area contributed by atoms with Gasteiger partial charge in [0, 0.05) is 25.2 Å². The topological polar surface area (TPSA) is 1130 Å². The van der Waals surface area contributed by atoms with E-state index < -0.39 is 191 Å². The minimum absolute atomic E-state index is 0. The number of aliphatic carboxylic acids is 2. The van der Waals surface area contributed by atoms with E-state index in [-0.39, 0.29) is 503 Å². The standard InChI is InChI=1S/2C6H14N4O2.2C6H18O24P6.13Ca/c2*7-4(5(11)12)2-1-3-10-6(8)9;2*7-31(8,9)25-1-2(26-32(10,11)12)4(28-34(16,17)18)6(30-36(22,23)24)5(29-35(19,20)21)3(1)27-33(13,14)15;;;;;;;;;;;;;/h2*4H,1-3,7H2,(H,11,12)(H4,8,9,10);2*1-6H,(H2,7,8,9)(H2,10,11,12)(H2,13,14,15)(H2,16,17,18)(H2,19,20,21)(H2,22,23,24);;;;;;;;;;;;;/q;;;;13*+2/p-26/t2*4-;;;;;;;;;;;;;;;/m00.............../s1. The fourth-order valence-corrected chi connectivity index (χ4v) is 13.2. The maximum Gasteiger partial charge on any atom is 2.00 e. The summed E-state index contributed by atoms with van der Waals surface area (Å²) in [7, 11) is -80.2. The van der Waals surface area contributed by atoms with Gasteiger partial charge in [0.2, 0.25) is 0 Å². The Kier molecular flexibility index (Phi) is 102. The molecule has 0 spiro atoms. The van der Waals surface area contributed by atoms with E-state index in [0.29, 0.717) is 38.8 Å². The largest absolute Gasteiger partial charge is 2.00 e. The molecule has 109 heavy (non-hydrogen) atoms. The quantitative estimate of drug-likeness (QED) is 0.0115. The maximum absolute atomic E-state index is 11.1. The Morgan fingerprint density at radius 1 is 0.248 bits per heavy atom. The summed E-state index contributed by atoms with van der Waals surface area (Å²) in [6, 6.07) is -1.86. The molecule has 60 nitrogen and oxygen atoms in total. The third-order valence-corrected chi connectivity index (χ3v) is 15.5. The average Bonchev–Trinajstić information content (AvgIpc) is 0.752. The van der Waals surface area contributed by atoms with Gasteiger partial charge in [-0.05, 0) is 25.7 Å². The molecule has 2 aliphatic rings. The zero-order chi connectivity index (χ0) is 76.5. The second-order valence-electron chi connectivity index (χ2n) is 17.0. The number of aliphatic imine (C=N–C) groups is 2. The number of phosphoric acid groups is 12. The Morgan fingerprint density at radius 3 is 0.404 bits per heavy atom. The van der Waals surface area contributed by atoms with Gasteiger partial charge in [-0.3, -0.25) is 9.98 Å². The summed E-state index contributed by atoms with van der Waals surface area (Å²) in [5.41, 5.74) is 30.5. The van der Waals surface area contributed by atoms with E-state index >= 15 is 0 Å². The smallest absolute Gasteiger partial charge is 0.790 e. The minimum Gasteiger partial charge on any atom is -0.790 e. The van der Waals surface area contributed by atoms with Crippen LogP contribution in [0.15, 0.2) is 9.98 Å². The van der Waals surface area contributed by atoms with Crippen molar-refractivity contribution in [3.8, 4) is 0 Å². The number of hydrogen-bond donors (Lipinski definition) is 6. The number of hydrogen-bond acceptors (Lipinski definition) is 56. The van der Waals surface area contributed by atoms with E-state index in [1.54, 1.807) is 0 Å². The zero-order valence-corrected chi connectivity index (χ0v) is 93.9. The maximum atomic E-state index is 11.1. The van der Waals surface area contributed by atoms with Crippen LogP contribution in [0, 0.1) is 0 Å². The average molecular weight is 2160 g/mol. The molecule has 0 aliphatic heterocycles. The summed E-state index contributed by atoms with van der Waals surface area (Å²) >= 11 is 0. The third-order valence-electron chi connectivity index (χ3n) is 9.44. The zero-order valence-electron chi connectivity index (χ0n) is 54.5. The van der Waals surface area contributed by atoms with Crippen LogP contribution < -0.4 is 162 Å². The summed E-state index contributed by atoms with van der Waals surface area (Å²) < 4.78 is 177. The summed E-state index contributed by atoms with van der Waals surface area (Å²) in [6.45, 7) is 0.784. The van der Waals surface area contributed by atoms with E-state index in [0.717, 1.165) is 0 Å². The van der Waals surface area contributed by atoms with E-state index in [1.165, 1.54) is 0 Å². The fourth-order valence-electron chi connectivity index (χ4n) is 6.75. The second-order valence-corrected chi connectivity index (χ2v) is 30.2. The summed E-state index contributed by atoms with van der Waals surface area (Å²) in [5, 5.41) is 20.2. The summed E-state index contributed by atoms with van der Waals surface area (Å²) in [4.78, 5) is 294. The fraction of sp³-hybridized carbons (Fsp3) is 0.833. The van der Waals surface area contributed by atoms with Crippen LogP contribution >= 0.6 is 93.9 Å². The number of nitrogens with two attached hydrogens (primary N) is 6. The Labute approximate surface area is 1000 Å². The number of carboxylic acids is 2. The Morgan fingerprint density at radius 2 is 0.339 bits per heavy atom. The van der Waals surface area contributed by atoms with E-state index in [4.69, 9.17) is 34.4 Å². The normalized spacial score (nSPS) is 22.0. The molecule has 2 saturated carbocycles. The molecule has 0 amide bonds. The van der Waals surface area contributed by atoms with Crippen molar-refractivity contribution in [1.29, 1.82) is 0 Å². The van der Waals surface area contributed by atoms with Gasteiger partial charge in [0.15, 0.2) is 11.9 Å². The van der Waals surface area contributed by atoms with Crippen molar-refractivity contribution in [1.82, 2.24) is 0 Å². The van der Waals surface area contributed by atoms with Gasteiger partial charge in [0.25, 0.3) is 0 Å². The second kappa shape index (κ2) is 70.7. The summed E-state index contributed by atoms with van der Waals surface area (Å²) in [6.07, 6.45) is -41.2. The van der Waals surface area contributed by atoms with Gasteiger partial charge < -0.3 is 281 Å². The molecule has 2 rings (SSSR count). The van der Waals surface area contributed by atoms with Gasteiger partial charge in [0.05, 0.1) is 106 Å². The van der Waals surface area contributed by atoms with Crippen molar-refractivity contribution in [2.75, 3.05) is 13.1 Å². The SMILES string of the molecule is NC(N)=NCCC[C@H](N)C(=O)[O-].NC(N)=NCCC[C@H](N)C(=O)[O-].O=P([O-])([O-])OC1C(OP(=O)([O-])[O-])C(OP(=O)([O-])[O-])C(OP(=O)([O-])[O-])C(OP(=O)([O-])[O-])C1OP(=O)([O-])[O-].O=P([O-])([O-])OC1C(OP(=O)([O-])[O-])C(OP(=O)([O-])[O-])C(OP(=O)([O-])[O-])C(OP(=O)([O-])[O-])C1OP(=O)([O-])[O-].[Ca+2].[Ca+2].[Ca+2].[Ca+2].[Ca+2].[Ca+2].[Ca+2].[Ca+2].[Ca+2].[Ca+2].[Ca+2].[Ca+2].[Ca+2]. The van der Waals surface area contributed by atoms with Crippen LogP contribution in [0.3, 0.4) is 0 Å². The first-order valence-electron chi connectivity index (χ1n) is 22.7. The van der Waals surface area contributed by atoms with Gasteiger partial charge in [-0.25, -0.2) is 0 Å². The predicted octanol–water partition coefficient (Wildman–Crippen LogP) is -32.1. The molecule has 0 bridgehead atoms. The molecule has 85 heteroatoms. The van der Waals surface area contributed by atoms with Gasteiger partial charge in [0.1, 0.15) is 73.2 Å². The molecule has 12 N–H and O–H groups in total. The molecule has 2 aliphatic carbocycles. The molecule has 0 heterocycles. The van der Waals surface area contributed by atoms with Crippen LogP contribution in [0.2, 0.25) is 0 Å². The van der Waals surface area contributed by atoms with Gasteiger partial charge in [-0.1, -0.05) is 0 Å². The Hall–Kier alpha value is 15.1. The van der Waals surface area contributed by atoms with Gasteiger partial charge >= 0.3 is 491 Å². The van der Waals surface area contributed by atoms with Crippen molar-refractivity contribution in [2.24, 2.45) is 44.4 Å². The third kappa shape index (κ3) is 85.7. The van der Waals surface area contributed by atoms with Crippen molar-refractivity contribution in [2.45, 2.75) is 111 Å². The predicted molar refractivity (Wildman–Crippen MR) is 310 cm³/mol. The first-order valence-corrected chi connectivity index (χ1v) is 40.2. The Bertz CT molecular complexity index is 2580. The van der Waals surface area contributed by atoms with Crippen molar-refractivity contribution < 1.29 is 246 Å². The van der Waals surface area contributed by atoms with Crippen molar-refractivity contribution >= 4 is 608 Å². The number of carbonyl (C=O) groups is 2. The van der Waals surface area contributed by atoms with Crippen LogP contribution in [-0.4, -0.2) is 613 Å². The van der Waals surface area contributed by atoms with Crippen LogP contribution in [0.25, 0.3) is 0 Å². The molecule has 0 unspecified atom stereocenters. The molecule has 0 radical (unpaired) electrons. The number of carboxylic acid groups (broad SMARTS) is 2. The number of carbonyl (C=O) groups excluding carboxylic acids is 2. The Balaban J connectivity index is -0.0000000877. The first-order chi connectivity index (χ1) is 42.2. The van der Waals surface area contributed by atoms with E-state index in [2.05, 4.69) is 64.3 Å². The molecular formula is C24H38Ca13N8O52P12.